The van der Waals surface area contributed by atoms with Crippen LogP contribution in [0.5, 0.6) is 5.88 Å². The van der Waals surface area contributed by atoms with Crippen molar-refractivity contribution in [1.82, 2.24) is 14.6 Å². The van der Waals surface area contributed by atoms with Gasteiger partial charge in [0.1, 0.15) is 10.5 Å². The summed E-state index contributed by atoms with van der Waals surface area (Å²) >= 11 is 0. The van der Waals surface area contributed by atoms with E-state index in [0.717, 1.165) is 5.56 Å². The Morgan fingerprint density at radius 2 is 2.08 bits per heavy atom. The number of sulfonamides is 1. The van der Waals surface area contributed by atoms with E-state index in [9.17, 15) is 13.2 Å². The van der Waals surface area contributed by atoms with E-state index in [-0.39, 0.29) is 30.4 Å². The normalized spacial score (nSPS) is 21.2. The quantitative estimate of drug-likeness (QED) is 0.747. The molecule has 0 aliphatic carbocycles. The molecule has 1 spiro atoms. The lowest BCUT2D eigenvalue weighted by atomic mass is 9.94. The molecule has 1 aromatic heterocycles. The Morgan fingerprint density at radius 1 is 1.42 bits per heavy atom. The molecule has 9 heteroatoms. The molecular weight excluding hydrogens is 334 g/mol. The molecule has 0 unspecified atom stereocenters. The van der Waals surface area contributed by atoms with Gasteiger partial charge in [-0.3, -0.25) is 4.90 Å². The highest BCUT2D eigenvalue weighted by molar-refractivity contribution is 7.89. The summed E-state index contributed by atoms with van der Waals surface area (Å²) in [5.41, 5.74) is -0.683. The van der Waals surface area contributed by atoms with Gasteiger partial charge in [-0.1, -0.05) is 0 Å². The van der Waals surface area contributed by atoms with E-state index in [0.29, 0.717) is 0 Å². The Morgan fingerprint density at radius 3 is 2.71 bits per heavy atom. The number of carbonyl (C=O) groups is 1. The Balaban J connectivity index is 1.79. The summed E-state index contributed by atoms with van der Waals surface area (Å²) in [5, 5.41) is 0. The third-order valence-electron chi connectivity index (χ3n) is 3.75. The summed E-state index contributed by atoms with van der Waals surface area (Å²) in [7, 11) is -3.69. The molecule has 0 atom stereocenters. The number of carbonyl (C=O) groups excluding carboxylic acids is 1. The van der Waals surface area contributed by atoms with Gasteiger partial charge in [0, 0.05) is 6.20 Å². The van der Waals surface area contributed by atoms with Crippen molar-refractivity contribution in [1.29, 1.82) is 0 Å². The predicted octanol–water partition coefficient (Wildman–Crippen LogP) is 1.05. The van der Waals surface area contributed by atoms with Gasteiger partial charge in [-0.05, 0) is 39.3 Å². The van der Waals surface area contributed by atoms with Gasteiger partial charge in [-0.15, -0.1) is 0 Å². The van der Waals surface area contributed by atoms with E-state index in [2.05, 4.69) is 9.71 Å². The second-order valence-corrected chi connectivity index (χ2v) is 9.00. The SMILES string of the molecule is Cc1cnc2c(c1)S(=O)(=O)NCC1(CN(C(=O)OC(C)(C)C)C1)O2. The predicted molar refractivity (Wildman–Crippen MR) is 85.3 cm³/mol. The van der Waals surface area contributed by atoms with Crippen LogP contribution in [0.2, 0.25) is 0 Å². The molecule has 0 saturated carbocycles. The van der Waals surface area contributed by atoms with Crippen molar-refractivity contribution in [3.63, 3.8) is 0 Å². The van der Waals surface area contributed by atoms with Gasteiger partial charge < -0.3 is 9.47 Å². The Bertz CT molecular complexity index is 779. The third kappa shape index (κ3) is 3.18. The highest BCUT2D eigenvalue weighted by Gasteiger charge is 2.51. The third-order valence-corrected chi connectivity index (χ3v) is 5.15. The van der Waals surface area contributed by atoms with E-state index in [1.54, 1.807) is 33.9 Å². The lowest BCUT2D eigenvalue weighted by molar-refractivity contribution is -0.0796. The lowest BCUT2D eigenvalue weighted by Gasteiger charge is -2.48. The molecule has 3 rings (SSSR count). The zero-order chi connectivity index (χ0) is 17.8. The van der Waals surface area contributed by atoms with Gasteiger partial charge >= 0.3 is 6.09 Å². The van der Waals surface area contributed by atoms with Crippen LogP contribution < -0.4 is 9.46 Å². The second-order valence-electron chi connectivity index (χ2n) is 7.26. The highest BCUT2D eigenvalue weighted by Crippen LogP contribution is 2.34. The van der Waals surface area contributed by atoms with Crippen molar-refractivity contribution in [2.45, 2.75) is 43.8 Å². The molecule has 1 amide bonds. The van der Waals surface area contributed by atoms with Crippen LogP contribution in [0.25, 0.3) is 0 Å². The first-order valence-electron chi connectivity index (χ1n) is 7.63. The van der Waals surface area contributed by atoms with Crippen molar-refractivity contribution < 1.29 is 22.7 Å². The minimum atomic E-state index is -3.69. The molecule has 24 heavy (non-hydrogen) atoms. The number of ether oxygens (including phenoxy) is 2. The number of fused-ring (bicyclic) bond motifs is 1. The first kappa shape index (κ1) is 17.0. The van der Waals surface area contributed by atoms with Gasteiger partial charge in [-0.2, -0.15) is 0 Å². The molecule has 1 N–H and O–H groups in total. The number of aryl methyl sites for hydroxylation is 1. The monoisotopic (exact) mass is 355 g/mol. The summed E-state index contributed by atoms with van der Waals surface area (Å²) < 4.78 is 38.4. The summed E-state index contributed by atoms with van der Waals surface area (Å²) in [6, 6.07) is 1.52. The summed E-state index contributed by atoms with van der Waals surface area (Å²) in [6.07, 6.45) is 1.11. The van der Waals surface area contributed by atoms with E-state index in [4.69, 9.17) is 9.47 Å². The Labute approximate surface area is 141 Å². The molecule has 0 radical (unpaired) electrons. The number of nitrogens with one attached hydrogen (secondary N) is 1. The molecule has 0 aromatic carbocycles. The number of nitrogens with zero attached hydrogens (tertiary/aromatic N) is 2. The second kappa shape index (κ2) is 5.32. The van der Waals surface area contributed by atoms with Crippen LogP contribution in [0.15, 0.2) is 17.2 Å². The molecule has 1 saturated heterocycles. The lowest BCUT2D eigenvalue weighted by Crippen LogP contribution is -2.70. The standard InChI is InChI=1S/C15H21N3O5S/c1-10-5-11-12(16-6-10)22-15(7-17-24(11,20)21)8-18(9-15)13(19)23-14(2,3)4/h5-6,17H,7-9H2,1-4H3. The molecule has 1 fully saturated rings. The number of hydrogen-bond acceptors (Lipinski definition) is 6. The van der Waals surface area contributed by atoms with Gasteiger partial charge in [0.25, 0.3) is 0 Å². The number of pyridine rings is 1. The van der Waals surface area contributed by atoms with Crippen LogP contribution in [-0.4, -0.2) is 55.2 Å². The van der Waals surface area contributed by atoms with Crippen molar-refractivity contribution in [3.05, 3.63) is 17.8 Å². The number of rotatable bonds is 0. The summed E-state index contributed by atoms with van der Waals surface area (Å²) in [6.45, 7) is 7.68. The molecule has 2 aliphatic heterocycles. The fourth-order valence-electron chi connectivity index (χ4n) is 2.63. The van der Waals surface area contributed by atoms with Gasteiger partial charge in [0.05, 0.1) is 19.6 Å². The minimum Gasteiger partial charge on any atom is -0.465 e. The fourth-order valence-corrected chi connectivity index (χ4v) is 3.90. The zero-order valence-electron chi connectivity index (χ0n) is 14.1. The molecule has 1 aromatic rings. The fraction of sp³-hybridized carbons (Fsp3) is 0.600. The highest BCUT2D eigenvalue weighted by atomic mass is 32.2. The molecule has 132 valence electrons. The average molecular weight is 355 g/mol. The van der Waals surface area contributed by atoms with Gasteiger partial charge in [-0.25, -0.2) is 22.9 Å². The molecule has 2 aliphatic rings. The van der Waals surface area contributed by atoms with Crippen LogP contribution in [0, 0.1) is 6.92 Å². The topological polar surface area (TPSA) is 97.8 Å². The maximum atomic E-state index is 12.3. The van der Waals surface area contributed by atoms with Crippen LogP contribution >= 0.6 is 0 Å². The van der Waals surface area contributed by atoms with E-state index >= 15 is 0 Å². The summed E-state index contributed by atoms with van der Waals surface area (Å²) in [5.74, 6) is 0.0643. The zero-order valence-corrected chi connectivity index (χ0v) is 14.9. The molecule has 3 heterocycles. The summed E-state index contributed by atoms with van der Waals surface area (Å²) in [4.78, 5) is 17.7. The number of likely N-dealkylation sites (tertiary alicyclic amines) is 1. The maximum Gasteiger partial charge on any atom is 0.410 e. The molecule has 8 nitrogen and oxygen atoms in total. The van der Waals surface area contributed by atoms with Crippen molar-refractivity contribution >= 4 is 16.1 Å². The van der Waals surface area contributed by atoms with E-state index in [1.165, 1.54) is 11.0 Å². The Hall–Kier alpha value is -1.87. The first-order chi connectivity index (χ1) is 11.0. The number of aromatic nitrogens is 1. The minimum absolute atomic E-state index is 0.0232. The van der Waals surface area contributed by atoms with Crippen LogP contribution in [0.3, 0.4) is 0 Å². The Kier molecular flexibility index (Phi) is 3.76. The van der Waals surface area contributed by atoms with Crippen LogP contribution in [-0.2, 0) is 14.8 Å². The van der Waals surface area contributed by atoms with Crippen LogP contribution in [0.4, 0.5) is 4.79 Å². The van der Waals surface area contributed by atoms with Crippen molar-refractivity contribution in [2.24, 2.45) is 0 Å². The van der Waals surface area contributed by atoms with E-state index < -0.39 is 27.3 Å². The van der Waals surface area contributed by atoms with Gasteiger partial charge in [0.15, 0.2) is 5.60 Å². The molecule has 0 bridgehead atoms. The van der Waals surface area contributed by atoms with Gasteiger partial charge in [0.2, 0.25) is 15.9 Å². The average Bonchev–Trinajstić information content (AvgIpc) is 2.51. The molecular formula is C15H21N3O5S. The largest absolute Gasteiger partial charge is 0.465 e. The first-order valence-corrected chi connectivity index (χ1v) is 9.11. The van der Waals surface area contributed by atoms with Crippen molar-refractivity contribution in [3.8, 4) is 5.88 Å². The maximum absolute atomic E-state index is 12.3. The smallest absolute Gasteiger partial charge is 0.410 e. The number of hydrogen-bond donors (Lipinski definition) is 1. The van der Waals surface area contributed by atoms with E-state index in [1.807, 2.05) is 0 Å². The number of amides is 1. The van der Waals surface area contributed by atoms with Crippen molar-refractivity contribution in [2.75, 3.05) is 19.6 Å². The van der Waals surface area contributed by atoms with Crippen LogP contribution in [0.1, 0.15) is 26.3 Å².